The topological polar surface area (TPSA) is 55.2 Å². The summed E-state index contributed by atoms with van der Waals surface area (Å²) in [5.74, 6) is 0. The van der Waals surface area contributed by atoms with Crippen LogP contribution in [0.25, 0.3) is 10.8 Å². The molecule has 144 valence electrons. The molecular weight excluding hydrogens is 360 g/mol. The van der Waals surface area contributed by atoms with Crippen LogP contribution in [0.4, 0.5) is 5.69 Å². The maximum absolute atomic E-state index is 11.3. The van der Waals surface area contributed by atoms with Gasteiger partial charge in [-0.25, -0.2) is 0 Å². The summed E-state index contributed by atoms with van der Waals surface area (Å²) < 4.78 is 0. The number of nitrogens with zero attached hydrogens (tertiary/aromatic N) is 1. The minimum Gasteiger partial charge on any atom is -0.300 e. The monoisotopic (exact) mass is 382 g/mol. The molecule has 4 rings (SSSR count). The summed E-state index contributed by atoms with van der Waals surface area (Å²) >= 11 is 0. The van der Waals surface area contributed by atoms with E-state index in [2.05, 4.69) is 42.6 Å². The van der Waals surface area contributed by atoms with E-state index in [1.165, 1.54) is 22.4 Å². The number of fused-ring (bicyclic) bond motifs is 1. The highest BCUT2D eigenvalue weighted by atomic mass is 16.6. The molecule has 0 aliphatic heterocycles. The molecule has 0 saturated heterocycles. The van der Waals surface area contributed by atoms with Crippen molar-refractivity contribution in [2.45, 2.75) is 19.0 Å². The van der Waals surface area contributed by atoms with Crippen LogP contribution in [-0.4, -0.2) is 4.92 Å². The lowest BCUT2D eigenvalue weighted by molar-refractivity contribution is -0.384. The molecule has 0 fully saturated rings. The lowest BCUT2D eigenvalue weighted by atomic mass is 9.94. The van der Waals surface area contributed by atoms with Crippen LogP contribution in [-0.2, 0) is 0 Å². The second-order valence-corrected chi connectivity index (χ2v) is 7.15. The highest BCUT2D eigenvalue weighted by molar-refractivity contribution is 5.86. The van der Waals surface area contributed by atoms with Gasteiger partial charge in [-0.2, -0.15) is 0 Å². The van der Waals surface area contributed by atoms with E-state index in [1.54, 1.807) is 12.1 Å². The molecule has 0 saturated carbocycles. The fourth-order valence-electron chi connectivity index (χ4n) is 3.82. The van der Waals surface area contributed by atoms with Crippen molar-refractivity contribution in [1.82, 2.24) is 5.32 Å². The van der Waals surface area contributed by atoms with Crippen LogP contribution in [0.15, 0.2) is 97.1 Å². The molecule has 0 bridgehead atoms. The lowest BCUT2D eigenvalue weighted by Crippen LogP contribution is -2.26. The molecule has 4 aromatic carbocycles. The van der Waals surface area contributed by atoms with E-state index < -0.39 is 0 Å². The van der Waals surface area contributed by atoms with Crippen LogP contribution in [0, 0.1) is 10.1 Å². The SMILES string of the molecule is CC(NC(c1ccccc1)c1cccc([N+](=O)[O-])c1)c1cccc2ccccc12. The lowest BCUT2D eigenvalue weighted by Gasteiger charge is -2.25. The van der Waals surface area contributed by atoms with Gasteiger partial charge in [0.1, 0.15) is 0 Å². The Kier molecular flexibility index (Phi) is 5.36. The van der Waals surface area contributed by atoms with Gasteiger partial charge in [-0.05, 0) is 34.4 Å². The van der Waals surface area contributed by atoms with E-state index in [4.69, 9.17) is 0 Å². The van der Waals surface area contributed by atoms with Crippen molar-refractivity contribution in [1.29, 1.82) is 0 Å². The Bertz CT molecular complexity index is 1140. The van der Waals surface area contributed by atoms with E-state index in [0.29, 0.717) is 0 Å². The number of rotatable bonds is 6. The minimum absolute atomic E-state index is 0.0468. The third kappa shape index (κ3) is 4.03. The van der Waals surface area contributed by atoms with Gasteiger partial charge in [-0.15, -0.1) is 0 Å². The van der Waals surface area contributed by atoms with Crippen molar-refractivity contribution in [3.8, 4) is 0 Å². The van der Waals surface area contributed by atoms with E-state index in [9.17, 15) is 10.1 Å². The predicted molar refractivity (Wildman–Crippen MR) is 117 cm³/mol. The Balaban J connectivity index is 1.74. The molecule has 0 radical (unpaired) electrons. The first-order valence-electron chi connectivity index (χ1n) is 9.66. The average molecular weight is 382 g/mol. The highest BCUT2D eigenvalue weighted by Gasteiger charge is 2.20. The van der Waals surface area contributed by atoms with E-state index in [0.717, 1.165) is 11.1 Å². The van der Waals surface area contributed by atoms with Gasteiger partial charge in [0.25, 0.3) is 5.69 Å². The van der Waals surface area contributed by atoms with Gasteiger partial charge < -0.3 is 0 Å². The van der Waals surface area contributed by atoms with Crippen molar-refractivity contribution < 1.29 is 4.92 Å². The van der Waals surface area contributed by atoms with Crippen LogP contribution in [0.2, 0.25) is 0 Å². The number of non-ortho nitro benzene ring substituents is 1. The zero-order chi connectivity index (χ0) is 20.2. The Morgan fingerprint density at radius 1 is 0.793 bits per heavy atom. The number of nitro groups is 1. The van der Waals surface area contributed by atoms with Gasteiger partial charge >= 0.3 is 0 Å². The number of hydrogen-bond donors (Lipinski definition) is 1. The normalized spacial score (nSPS) is 13.1. The van der Waals surface area contributed by atoms with Gasteiger partial charge in [0, 0.05) is 18.2 Å². The molecule has 0 spiro atoms. The summed E-state index contributed by atoms with van der Waals surface area (Å²) in [6.07, 6.45) is 0. The van der Waals surface area contributed by atoms with Crippen LogP contribution in [0.3, 0.4) is 0 Å². The molecule has 0 heterocycles. The van der Waals surface area contributed by atoms with E-state index >= 15 is 0 Å². The summed E-state index contributed by atoms with van der Waals surface area (Å²) in [4.78, 5) is 10.9. The minimum atomic E-state index is -0.348. The molecule has 0 aromatic heterocycles. The summed E-state index contributed by atoms with van der Waals surface area (Å²) in [7, 11) is 0. The van der Waals surface area contributed by atoms with Gasteiger partial charge in [0.2, 0.25) is 0 Å². The Labute approximate surface area is 170 Å². The number of benzene rings is 4. The molecule has 0 aliphatic rings. The number of nitro benzene ring substituents is 1. The second-order valence-electron chi connectivity index (χ2n) is 7.15. The first-order chi connectivity index (χ1) is 14.1. The van der Waals surface area contributed by atoms with Gasteiger partial charge in [-0.1, -0.05) is 84.9 Å². The zero-order valence-electron chi connectivity index (χ0n) is 16.2. The van der Waals surface area contributed by atoms with Crippen molar-refractivity contribution in [2.24, 2.45) is 0 Å². The molecule has 2 unspecified atom stereocenters. The first-order valence-corrected chi connectivity index (χ1v) is 9.66. The molecule has 29 heavy (non-hydrogen) atoms. The molecule has 0 aliphatic carbocycles. The molecule has 2 atom stereocenters. The third-order valence-corrected chi connectivity index (χ3v) is 5.25. The maximum Gasteiger partial charge on any atom is 0.269 e. The standard InChI is InChI=1S/C25H22N2O2/c1-18(23-16-8-12-19-9-5-6-15-24(19)23)26-25(20-10-3-2-4-11-20)21-13-7-14-22(17-21)27(28)29/h2-18,25-26H,1H3. The molecular formula is C25H22N2O2. The van der Waals surface area contributed by atoms with Crippen molar-refractivity contribution in [2.75, 3.05) is 0 Å². The first kappa shape index (κ1) is 18.8. The summed E-state index contributed by atoms with van der Waals surface area (Å²) in [5, 5.41) is 17.4. The van der Waals surface area contributed by atoms with Crippen molar-refractivity contribution in [3.63, 3.8) is 0 Å². The molecule has 1 N–H and O–H groups in total. The Hall–Kier alpha value is -3.50. The molecule has 4 nitrogen and oxygen atoms in total. The Morgan fingerprint density at radius 2 is 1.45 bits per heavy atom. The van der Waals surface area contributed by atoms with Crippen LogP contribution >= 0.6 is 0 Å². The van der Waals surface area contributed by atoms with E-state index in [-0.39, 0.29) is 22.7 Å². The number of hydrogen-bond acceptors (Lipinski definition) is 3. The summed E-state index contributed by atoms with van der Waals surface area (Å²) in [6, 6.07) is 31.4. The highest BCUT2D eigenvalue weighted by Crippen LogP contribution is 2.30. The fraction of sp³-hybridized carbons (Fsp3) is 0.120. The van der Waals surface area contributed by atoms with Gasteiger partial charge in [0.05, 0.1) is 11.0 Å². The quantitative estimate of drug-likeness (QED) is 0.320. The largest absolute Gasteiger partial charge is 0.300 e. The third-order valence-electron chi connectivity index (χ3n) is 5.25. The van der Waals surface area contributed by atoms with E-state index in [1.807, 2.05) is 48.5 Å². The smallest absolute Gasteiger partial charge is 0.269 e. The Morgan fingerprint density at radius 3 is 2.24 bits per heavy atom. The predicted octanol–water partition coefficient (Wildman–Crippen LogP) is 6.19. The second kappa shape index (κ2) is 8.25. The maximum atomic E-state index is 11.3. The van der Waals surface area contributed by atoms with Crippen LogP contribution < -0.4 is 5.32 Å². The van der Waals surface area contributed by atoms with Crippen LogP contribution in [0.1, 0.15) is 35.7 Å². The molecule has 4 heteroatoms. The average Bonchev–Trinajstić information content (AvgIpc) is 2.77. The zero-order valence-corrected chi connectivity index (χ0v) is 16.2. The molecule has 0 amide bonds. The molecule has 4 aromatic rings. The van der Waals surface area contributed by atoms with Crippen molar-refractivity contribution >= 4 is 16.5 Å². The summed E-state index contributed by atoms with van der Waals surface area (Å²) in [5.41, 5.74) is 3.25. The van der Waals surface area contributed by atoms with Crippen LogP contribution in [0.5, 0.6) is 0 Å². The fourth-order valence-corrected chi connectivity index (χ4v) is 3.82. The van der Waals surface area contributed by atoms with Gasteiger partial charge in [-0.3, -0.25) is 15.4 Å². The van der Waals surface area contributed by atoms with Crippen molar-refractivity contribution in [3.05, 3.63) is 124 Å². The summed E-state index contributed by atoms with van der Waals surface area (Å²) in [6.45, 7) is 2.13. The van der Waals surface area contributed by atoms with Gasteiger partial charge in [0.15, 0.2) is 0 Å². The number of nitrogens with one attached hydrogen (secondary N) is 1.